The van der Waals surface area contributed by atoms with Gasteiger partial charge >= 0.3 is 0 Å². The third kappa shape index (κ3) is 3.21. The Morgan fingerprint density at radius 1 is 1.36 bits per heavy atom. The van der Waals surface area contributed by atoms with Crippen LogP contribution in [0.1, 0.15) is 26.7 Å². The zero-order valence-electron chi connectivity index (χ0n) is 7.71. The molecule has 1 heterocycles. The molecular weight excluding hydrogens is 136 g/mol. The third-order valence-electron chi connectivity index (χ3n) is 2.22. The third-order valence-corrected chi connectivity index (χ3v) is 2.22. The first-order valence-corrected chi connectivity index (χ1v) is 4.66. The first-order valence-electron chi connectivity index (χ1n) is 4.66. The van der Waals surface area contributed by atoms with Crippen LogP contribution in [0.25, 0.3) is 0 Å². The summed E-state index contributed by atoms with van der Waals surface area (Å²) in [5, 5.41) is 0. The van der Waals surface area contributed by atoms with Crippen molar-refractivity contribution in [2.24, 2.45) is 11.7 Å². The molecule has 1 aliphatic heterocycles. The van der Waals surface area contributed by atoms with Crippen molar-refractivity contribution in [3.05, 3.63) is 0 Å². The summed E-state index contributed by atoms with van der Waals surface area (Å²) in [4.78, 5) is 2.44. The van der Waals surface area contributed by atoms with E-state index in [0.717, 1.165) is 18.9 Å². The maximum Gasteiger partial charge on any atom is 0.0170 e. The van der Waals surface area contributed by atoms with E-state index in [2.05, 4.69) is 18.7 Å². The van der Waals surface area contributed by atoms with Gasteiger partial charge in [0.1, 0.15) is 0 Å². The Balaban J connectivity index is 2.04. The van der Waals surface area contributed by atoms with Crippen molar-refractivity contribution in [3.8, 4) is 0 Å². The highest BCUT2D eigenvalue weighted by molar-refractivity contribution is 4.75. The van der Waals surface area contributed by atoms with E-state index >= 15 is 0 Å². The number of likely N-dealkylation sites (tertiary alicyclic amines) is 1. The number of rotatable bonds is 4. The summed E-state index contributed by atoms with van der Waals surface area (Å²) in [7, 11) is 0. The van der Waals surface area contributed by atoms with Gasteiger partial charge in [-0.05, 0) is 31.8 Å². The van der Waals surface area contributed by atoms with E-state index in [1.165, 1.54) is 19.5 Å². The molecule has 0 bridgehead atoms. The second kappa shape index (κ2) is 4.07. The molecule has 2 nitrogen and oxygen atoms in total. The summed E-state index contributed by atoms with van der Waals surface area (Å²) in [6, 6.07) is 0.398. The van der Waals surface area contributed by atoms with Crippen LogP contribution in [0.3, 0.4) is 0 Å². The Hall–Kier alpha value is -0.0800. The molecule has 1 rings (SSSR count). The fourth-order valence-corrected chi connectivity index (χ4v) is 1.58. The van der Waals surface area contributed by atoms with Gasteiger partial charge in [-0.25, -0.2) is 0 Å². The number of hydrogen-bond donors (Lipinski definition) is 1. The van der Waals surface area contributed by atoms with Crippen molar-refractivity contribution in [2.45, 2.75) is 32.7 Å². The molecule has 0 aromatic carbocycles. The van der Waals surface area contributed by atoms with Crippen molar-refractivity contribution < 1.29 is 0 Å². The SMILES string of the molecule is CC(C)C[C@@H](N)CN1CCC1. The lowest BCUT2D eigenvalue weighted by Crippen LogP contribution is -2.45. The molecule has 1 fully saturated rings. The second-order valence-electron chi connectivity index (χ2n) is 4.04. The van der Waals surface area contributed by atoms with Crippen LogP contribution in [-0.2, 0) is 0 Å². The highest BCUT2D eigenvalue weighted by Gasteiger charge is 2.16. The lowest BCUT2D eigenvalue weighted by Gasteiger charge is -2.33. The molecular formula is C9H20N2. The van der Waals surface area contributed by atoms with Gasteiger partial charge in [0, 0.05) is 12.6 Å². The Morgan fingerprint density at radius 2 is 2.00 bits per heavy atom. The van der Waals surface area contributed by atoms with Crippen LogP contribution in [0.4, 0.5) is 0 Å². The monoisotopic (exact) mass is 156 g/mol. The minimum absolute atomic E-state index is 0.398. The zero-order chi connectivity index (χ0) is 8.27. The highest BCUT2D eigenvalue weighted by atomic mass is 15.2. The minimum atomic E-state index is 0.398. The molecule has 2 N–H and O–H groups in total. The van der Waals surface area contributed by atoms with Gasteiger partial charge < -0.3 is 10.6 Å². The van der Waals surface area contributed by atoms with Crippen LogP contribution in [0.2, 0.25) is 0 Å². The Morgan fingerprint density at radius 3 is 2.36 bits per heavy atom. The molecule has 0 aliphatic carbocycles. The highest BCUT2D eigenvalue weighted by Crippen LogP contribution is 2.09. The largest absolute Gasteiger partial charge is 0.327 e. The Labute approximate surface area is 69.8 Å². The van der Waals surface area contributed by atoms with Gasteiger partial charge in [0.2, 0.25) is 0 Å². The summed E-state index contributed by atoms with van der Waals surface area (Å²) in [5.41, 5.74) is 5.94. The van der Waals surface area contributed by atoms with Crippen molar-refractivity contribution >= 4 is 0 Å². The van der Waals surface area contributed by atoms with Crippen LogP contribution < -0.4 is 5.73 Å². The fraction of sp³-hybridized carbons (Fsp3) is 1.00. The fourth-order valence-electron chi connectivity index (χ4n) is 1.58. The Bertz CT molecular complexity index is 108. The smallest absolute Gasteiger partial charge is 0.0170 e. The van der Waals surface area contributed by atoms with Gasteiger partial charge in [-0.3, -0.25) is 0 Å². The lowest BCUT2D eigenvalue weighted by molar-refractivity contribution is 0.165. The van der Waals surface area contributed by atoms with Gasteiger partial charge in [0.15, 0.2) is 0 Å². The molecule has 2 heteroatoms. The quantitative estimate of drug-likeness (QED) is 0.659. The molecule has 1 aliphatic rings. The van der Waals surface area contributed by atoms with Gasteiger partial charge in [-0.15, -0.1) is 0 Å². The summed E-state index contributed by atoms with van der Waals surface area (Å²) in [6.45, 7) is 8.11. The predicted octanol–water partition coefficient (Wildman–Crippen LogP) is 1.07. The molecule has 66 valence electrons. The van der Waals surface area contributed by atoms with Crippen LogP contribution in [0, 0.1) is 5.92 Å². The van der Waals surface area contributed by atoms with Crippen LogP contribution >= 0.6 is 0 Å². The van der Waals surface area contributed by atoms with Gasteiger partial charge in [0.25, 0.3) is 0 Å². The number of nitrogens with two attached hydrogens (primary N) is 1. The van der Waals surface area contributed by atoms with Crippen molar-refractivity contribution in [1.29, 1.82) is 0 Å². The van der Waals surface area contributed by atoms with E-state index in [4.69, 9.17) is 5.73 Å². The number of hydrogen-bond acceptors (Lipinski definition) is 2. The van der Waals surface area contributed by atoms with E-state index in [9.17, 15) is 0 Å². The molecule has 0 radical (unpaired) electrons. The first kappa shape index (κ1) is 9.01. The average molecular weight is 156 g/mol. The average Bonchev–Trinajstić information content (AvgIpc) is 1.77. The number of nitrogens with zero attached hydrogens (tertiary/aromatic N) is 1. The van der Waals surface area contributed by atoms with E-state index in [1.54, 1.807) is 0 Å². The second-order valence-corrected chi connectivity index (χ2v) is 4.04. The topological polar surface area (TPSA) is 29.3 Å². The normalized spacial score (nSPS) is 21.8. The molecule has 0 saturated carbocycles. The standard InChI is InChI=1S/C9H20N2/c1-8(2)6-9(10)7-11-4-3-5-11/h8-9H,3-7,10H2,1-2H3/t9-/m1/s1. The van der Waals surface area contributed by atoms with E-state index < -0.39 is 0 Å². The zero-order valence-corrected chi connectivity index (χ0v) is 7.71. The van der Waals surface area contributed by atoms with Gasteiger partial charge in [-0.1, -0.05) is 13.8 Å². The molecule has 11 heavy (non-hydrogen) atoms. The van der Waals surface area contributed by atoms with Crippen LogP contribution in [-0.4, -0.2) is 30.6 Å². The summed E-state index contributed by atoms with van der Waals surface area (Å²) in [5.74, 6) is 0.742. The Kier molecular flexibility index (Phi) is 3.34. The maximum atomic E-state index is 5.94. The van der Waals surface area contributed by atoms with Gasteiger partial charge in [-0.2, -0.15) is 0 Å². The summed E-state index contributed by atoms with van der Waals surface area (Å²) in [6.07, 6.45) is 2.53. The first-order chi connectivity index (χ1) is 5.18. The van der Waals surface area contributed by atoms with Crippen molar-refractivity contribution in [2.75, 3.05) is 19.6 Å². The van der Waals surface area contributed by atoms with E-state index in [-0.39, 0.29) is 0 Å². The maximum absolute atomic E-state index is 5.94. The van der Waals surface area contributed by atoms with Crippen molar-refractivity contribution in [1.82, 2.24) is 4.90 Å². The molecule has 1 saturated heterocycles. The minimum Gasteiger partial charge on any atom is -0.327 e. The lowest BCUT2D eigenvalue weighted by atomic mass is 10.0. The van der Waals surface area contributed by atoms with Crippen LogP contribution in [0.15, 0.2) is 0 Å². The molecule has 0 amide bonds. The molecule has 0 spiro atoms. The predicted molar refractivity (Wildman–Crippen MR) is 48.5 cm³/mol. The van der Waals surface area contributed by atoms with Crippen LogP contribution in [0.5, 0.6) is 0 Å². The molecule has 1 atom stereocenters. The molecule has 0 aromatic rings. The van der Waals surface area contributed by atoms with E-state index in [0.29, 0.717) is 6.04 Å². The van der Waals surface area contributed by atoms with E-state index in [1.807, 2.05) is 0 Å². The van der Waals surface area contributed by atoms with Crippen molar-refractivity contribution in [3.63, 3.8) is 0 Å². The summed E-state index contributed by atoms with van der Waals surface area (Å²) >= 11 is 0. The summed E-state index contributed by atoms with van der Waals surface area (Å²) < 4.78 is 0. The molecule has 0 unspecified atom stereocenters. The molecule has 0 aromatic heterocycles. The van der Waals surface area contributed by atoms with Gasteiger partial charge in [0.05, 0.1) is 0 Å².